The Labute approximate surface area is 139 Å². The van der Waals surface area contributed by atoms with Gasteiger partial charge in [0.1, 0.15) is 17.3 Å². The molecule has 0 bridgehead atoms. The Bertz CT molecular complexity index is 1040. The van der Waals surface area contributed by atoms with Crippen LogP contribution in [0.2, 0.25) is 0 Å². The zero-order chi connectivity index (χ0) is 18.1. The third-order valence-corrected chi connectivity index (χ3v) is 3.66. The quantitative estimate of drug-likeness (QED) is 0.536. The van der Waals surface area contributed by atoms with Crippen LogP contribution >= 0.6 is 0 Å². The summed E-state index contributed by atoms with van der Waals surface area (Å²) >= 11 is 0. The molecule has 0 aliphatic carbocycles. The van der Waals surface area contributed by atoms with E-state index in [-0.39, 0.29) is 23.6 Å². The molecule has 0 saturated carbocycles. The molecule has 0 saturated heterocycles. The van der Waals surface area contributed by atoms with Crippen LogP contribution < -0.4 is 10.5 Å². The van der Waals surface area contributed by atoms with E-state index in [2.05, 4.69) is 4.98 Å². The van der Waals surface area contributed by atoms with Crippen molar-refractivity contribution in [1.82, 2.24) is 9.38 Å². The molecule has 128 valence electrons. The zero-order valence-corrected chi connectivity index (χ0v) is 13.0. The lowest BCUT2D eigenvalue weighted by Gasteiger charge is -2.18. The molecule has 2 aromatic heterocycles. The van der Waals surface area contributed by atoms with Gasteiger partial charge < -0.3 is 4.90 Å². The van der Waals surface area contributed by atoms with Gasteiger partial charge in [0.2, 0.25) is 5.82 Å². The van der Waals surface area contributed by atoms with Gasteiger partial charge in [0.15, 0.2) is 0 Å². The monoisotopic (exact) mass is 346 g/mol. The second-order valence-electron chi connectivity index (χ2n) is 5.37. The Morgan fingerprint density at radius 3 is 2.72 bits per heavy atom. The molecular weight excluding hydrogens is 334 g/mol. The molecule has 1 aromatic carbocycles. The normalized spacial score (nSPS) is 10.8. The zero-order valence-electron chi connectivity index (χ0n) is 13.0. The lowest BCUT2D eigenvalue weighted by atomic mass is 10.2. The number of hydrogen-bond donors (Lipinski definition) is 0. The van der Waals surface area contributed by atoms with Crippen LogP contribution in [-0.4, -0.2) is 21.4 Å². The van der Waals surface area contributed by atoms with E-state index in [9.17, 15) is 23.7 Å². The number of nitro groups is 1. The SMILES string of the molecule is CN(Cc1ccc(F)cc1F)c1nc2ccccn2c(=O)c1[N+](=O)[O-]. The van der Waals surface area contributed by atoms with Crippen LogP contribution in [0.5, 0.6) is 0 Å². The summed E-state index contributed by atoms with van der Waals surface area (Å²) in [5.41, 5.74) is -1.21. The Balaban J connectivity index is 2.11. The van der Waals surface area contributed by atoms with E-state index in [1.54, 1.807) is 12.1 Å². The van der Waals surface area contributed by atoms with Crippen molar-refractivity contribution in [2.24, 2.45) is 0 Å². The van der Waals surface area contributed by atoms with Gasteiger partial charge in [-0.3, -0.25) is 19.3 Å². The summed E-state index contributed by atoms with van der Waals surface area (Å²) in [7, 11) is 1.44. The molecule has 25 heavy (non-hydrogen) atoms. The van der Waals surface area contributed by atoms with Crippen LogP contribution in [-0.2, 0) is 6.54 Å². The van der Waals surface area contributed by atoms with Crippen molar-refractivity contribution in [2.45, 2.75) is 6.54 Å². The van der Waals surface area contributed by atoms with Gasteiger partial charge in [-0.05, 0) is 18.2 Å². The van der Waals surface area contributed by atoms with E-state index in [0.29, 0.717) is 0 Å². The fourth-order valence-corrected chi connectivity index (χ4v) is 2.47. The molecule has 3 aromatic rings. The number of nitrogens with zero attached hydrogens (tertiary/aromatic N) is 4. The highest BCUT2D eigenvalue weighted by Gasteiger charge is 2.26. The highest BCUT2D eigenvalue weighted by atomic mass is 19.1. The third kappa shape index (κ3) is 3.03. The molecule has 0 N–H and O–H groups in total. The van der Waals surface area contributed by atoms with Crippen LogP contribution in [0.3, 0.4) is 0 Å². The number of fused-ring (bicyclic) bond motifs is 1. The van der Waals surface area contributed by atoms with Crippen molar-refractivity contribution in [1.29, 1.82) is 0 Å². The topological polar surface area (TPSA) is 80.8 Å². The highest BCUT2D eigenvalue weighted by Crippen LogP contribution is 2.24. The predicted molar refractivity (Wildman–Crippen MR) is 86.6 cm³/mol. The summed E-state index contributed by atoms with van der Waals surface area (Å²) in [6.07, 6.45) is 1.38. The Kier molecular flexibility index (Phi) is 4.14. The van der Waals surface area contributed by atoms with E-state index in [1.165, 1.54) is 30.3 Å². The minimum atomic E-state index is -0.836. The van der Waals surface area contributed by atoms with Gasteiger partial charge in [-0.2, -0.15) is 0 Å². The second-order valence-corrected chi connectivity index (χ2v) is 5.37. The number of hydrogen-bond acceptors (Lipinski definition) is 5. The molecule has 7 nitrogen and oxygen atoms in total. The van der Waals surface area contributed by atoms with E-state index in [0.717, 1.165) is 16.5 Å². The standard InChI is InChI=1S/C16H12F2N4O3/c1-20(9-10-5-6-11(17)8-12(10)18)15-14(22(24)25)16(23)21-7-3-2-4-13(21)19-15/h2-8H,9H2,1H3. The highest BCUT2D eigenvalue weighted by molar-refractivity contribution is 5.61. The molecule has 0 aliphatic heterocycles. The van der Waals surface area contributed by atoms with Crippen molar-refractivity contribution in [3.05, 3.63) is 80.3 Å². The summed E-state index contributed by atoms with van der Waals surface area (Å²) < 4.78 is 27.9. The number of pyridine rings is 1. The molecule has 0 spiro atoms. The molecule has 0 amide bonds. The van der Waals surface area contributed by atoms with Crippen LogP contribution in [0.15, 0.2) is 47.4 Å². The number of aromatic nitrogens is 2. The summed E-state index contributed by atoms with van der Waals surface area (Å²) in [4.78, 5) is 28.4. The molecular formula is C16H12F2N4O3. The maximum Gasteiger partial charge on any atom is 0.376 e. The lowest BCUT2D eigenvalue weighted by molar-refractivity contribution is -0.385. The van der Waals surface area contributed by atoms with E-state index in [1.807, 2.05) is 0 Å². The van der Waals surface area contributed by atoms with Gasteiger partial charge in [-0.25, -0.2) is 13.8 Å². The smallest absolute Gasteiger partial charge is 0.349 e. The first-order valence-electron chi connectivity index (χ1n) is 7.19. The van der Waals surface area contributed by atoms with Gasteiger partial charge in [0, 0.05) is 31.4 Å². The Morgan fingerprint density at radius 1 is 1.28 bits per heavy atom. The van der Waals surface area contributed by atoms with Crippen molar-refractivity contribution in [3.8, 4) is 0 Å². The van der Waals surface area contributed by atoms with Crippen molar-refractivity contribution in [3.63, 3.8) is 0 Å². The molecule has 0 fully saturated rings. The van der Waals surface area contributed by atoms with Gasteiger partial charge >= 0.3 is 11.2 Å². The summed E-state index contributed by atoms with van der Waals surface area (Å²) in [5.74, 6) is -1.70. The lowest BCUT2D eigenvalue weighted by Crippen LogP contribution is -2.26. The van der Waals surface area contributed by atoms with Crippen molar-refractivity contribution < 1.29 is 13.7 Å². The van der Waals surface area contributed by atoms with Crippen LogP contribution in [0.4, 0.5) is 20.3 Å². The van der Waals surface area contributed by atoms with Crippen molar-refractivity contribution in [2.75, 3.05) is 11.9 Å². The maximum atomic E-state index is 13.8. The minimum Gasteiger partial charge on any atom is -0.349 e. The molecule has 2 heterocycles. The minimum absolute atomic E-state index is 0.119. The maximum absolute atomic E-state index is 13.8. The molecule has 9 heteroatoms. The molecule has 0 radical (unpaired) electrons. The Morgan fingerprint density at radius 2 is 2.04 bits per heavy atom. The largest absolute Gasteiger partial charge is 0.376 e. The number of halogens is 2. The molecule has 0 aliphatic rings. The number of benzene rings is 1. The fraction of sp³-hybridized carbons (Fsp3) is 0.125. The average molecular weight is 346 g/mol. The first-order chi connectivity index (χ1) is 11.9. The van der Waals surface area contributed by atoms with E-state index < -0.39 is 27.8 Å². The van der Waals surface area contributed by atoms with E-state index in [4.69, 9.17) is 0 Å². The molecule has 3 rings (SSSR count). The first kappa shape index (κ1) is 16.5. The third-order valence-electron chi connectivity index (χ3n) is 3.66. The summed E-state index contributed by atoms with van der Waals surface area (Å²) in [5, 5.41) is 11.4. The molecule has 0 atom stereocenters. The molecule has 0 unspecified atom stereocenters. The average Bonchev–Trinajstić information content (AvgIpc) is 2.56. The number of rotatable bonds is 4. The van der Waals surface area contributed by atoms with Gasteiger partial charge in [0.05, 0.1) is 4.92 Å². The van der Waals surface area contributed by atoms with Gasteiger partial charge in [0.25, 0.3) is 0 Å². The summed E-state index contributed by atoms with van der Waals surface area (Å²) in [6.45, 7) is -0.123. The predicted octanol–water partition coefficient (Wildman–Crippen LogP) is 2.52. The van der Waals surface area contributed by atoms with E-state index >= 15 is 0 Å². The van der Waals surface area contributed by atoms with Crippen LogP contribution in [0, 0.1) is 21.7 Å². The second kappa shape index (κ2) is 6.27. The van der Waals surface area contributed by atoms with Gasteiger partial charge in [-0.15, -0.1) is 0 Å². The summed E-state index contributed by atoms with van der Waals surface area (Å²) in [6, 6.07) is 7.76. The van der Waals surface area contributed by atoms with Gasteiger partial charge in [-0.1, -0.05) is 12.1 Å². The number of anilines is 1. The van der Waals surface area contributed by atoms with Crippen LogP contribution in [0.25, 0.3) is 5.65 Å². The van der Waals surface area contributed by atoms with Crippen molar-refractivity contribution >= 4 is 17.2 Å². The first-order valence-corrected chi connectivity index (χ1v) is 7.19. The Hall–Kier alpha value is -3.36. The fourth-order valence-electron chi connectivity index (χ4n) is 2.47. The van der Waals surface area contributed by atoms with Crippen LogP contribution in [0.1, 0.15) is 5.56 Å².